The molecule has 0 atom stereocenters. The number of hydrogen-bond donors (Lipinski definition) is 0. The first kappa shape index (κ1) is 31.7. The largest absolute Gasteiger partial charge is 0.456 e. The molecule has 0 bridgehead atoms. The molecule has 7 nitrogen and oxygen atoms in total. The van der Waals surface area contributed by atoms with E-state index in [2.05, 4.69) is 75.9 Å². The van der Waals surface area contributed by atoms with Crippen LogP contribution in [0.5, 0.6) is 0 Å². The standard InChI is InChI=1S/C51H25N5O2/c52-26-29-17-19-33(42(25-29)55-40-13-5-1-9-31(40)35-21-23-45-47(50(35)55)37-11-3-7-15-43(37)57-45)34-20-18-30(27-53)39(28-54)49(34)56-41-14-6-2-10-32(41)36-22-24-46-48(51(36)56)38-12-4-8-16-44(38)58-46/h1-25H. The lowest BCUT2D eigenvalue weighted by Crippen LogP contribution is -2.05. The Hall–Kier alpha value is -8.57. The van der Waals surface area contributed by atoms with E-state index in [0.29, 0.717) is 11.3 Å². The third kappa shape index (κ3) is 4.13. The number of rotatable bonds is 3. The highest BCUT2D eigenvalue weighted by Gasteiger charge is 2.27. The van der Waals surface area contributed by atoms with Crippen molar-refractivity contribution in [3.8, 4) is 40.7 Å². The Bertz CT molecular complexity index is 3910. The molecule has 4 heterocycles. The Morgan fingerprint density at radius 2 is 0.948 bits per heavy atom. The van der Waals surface area contributed by atoms with E-state index in [1.807, 2.05) is 97.1 Å². The zero-order valence-corrected chi connectivity index (χ0v) is 30.5. The molecule has 0 fully saturated rings. The molecular formula is C51H25N5O2. The van der Waals surface area contributed by atoms with Crippen molar-refractivity contribution < 1.29 is 8.83 Å². The highest BCUT2D eigenvalue weighted by molar-refractivity contribution is 6.26. The van der Waals surface area contributed by atoms with Gasteiger partial charge in [-0.3, -0.25) is 0 Å². The van der Waals surface area contributed by atoms with Gasteiger partial charge in [0.05, 0.1) is 67.0 Å². The summed E-state index contributed by atoms with van der Waals surface area (Å²) in [4.78, 5) is 0. The fourth-order valence-corrected chi connectivity index (χ4v) is 9.27. The van der Waals surface area contributed by atoms with E-state index >= 15 is 0 Å². The number of furan rings is 2. The van der Waals surface area contributed by atoms with E-state index < -0.39 is 0 Å². The molecule has 0 aliphatic heterocycles. The van der Waals surface area contributed by atoms with E-state index in [1.54, 1.807) is 6.07 Å². The van der Waals surface area contributed by atoms with Gasteiger partial charge in [-0.25, -0.2) is 0 Å². The maximum atomic E-state index is 11.1. The van der Waals surface area contributed by atoms with Crippen LogP contribution in [0.4, 0.5) is 0 Å². The van der Waals surface area contributed by atoms with Gasteiger partial charge in [-0.15, -0.1) is 0 Å². The molecule has 0 radical (unpaired) electrons. The Labute approximate surface area is 329 Å². The monoisotopic (exact) mass is 739 g/mol. The zero-order chi connectivity index (χ0) is 38.6. The maximum absolute atomic E-state index is 11.1. The lowest BCUT2D eigenvalue weighted by atomic mass is 9.94. The van der Waals surface area contributed by atoms with Crippen molar-refractivity contribution in [2.24, 2.45) is 0 Å². The van der Waals surface area contributed by atoms with Crippen molar-refractivity contribution in [2.75, 3.05) is 0 Å². The number of nitriles is 3. The van der Waals surface area contributed by atoms with Crippen LogP contribution in [0.3, 0.4) is 0 Å². The molecule has 7 heteroatoms. The number of benzene rings is 8. The zero-order valence-electron chi connectivity index (χ0n) is 30.5. The van der Waals surface area contributed by atoms with Crippen LogP contribution in [0.15, 0.2) is 160 Å². The highest BCUT2D eigenvalue weighted by Crippen LogP contribution is 2.47. The first-order chi connectivity index (χ1) is 28.7. The summed E-state index contributed by atoms with van der Waals surface area (Å²) in [5.41, 5.74) is 10.4. The summed E-state index contributed by atoms with van der Waals surface area (Å²) in [6, 6.07) is 57.2. The topological polar surface area (TPSA) is 108 Å². The van der Waals surface area contributed by atoms with Crippen molar-refractivity contribution in [3.05, 3.63) is 168 Å². The molecule has 12 rings (SSSR count). The van der Waals surface area contributed by atoms with Gasteiger partial charge in [0, 0.05) is 43.4 Å². The van der Waals surface area contributed by atoms with Gasteiger partial charge >= 0.3 is 0 Å². The lowest BCUT2D eigenvalue weighted by molar-refractivity contribution is 0.669. The summed E-state index contributed by atoms with van der Waals surface area (Å²) in [5, 5.41) is 40.0. The minimum Gasteiger partial charge on any atom is -0.456 e. The maximum Gasteiger partial charge on any atom is 0.137 e. The number of para-hydroxylation sites is 4. The average Bonchev–Trinajstić information content (AvgIpc) is 4.03. The molecule has 0 saturated carbocycles. The summed E-state index contributed by atoms with van der Waals surface area (Å²) in [6.45, 7) is 0. The minimum absolute atomic E-state index is 0.244. The normalized spacial score (nSPS) is 11.7. The number of nitrogens with zero attached hydrogens (tertiary/aromatic N) is 5. The SMILES string of the molecule is N#Cc1ccc(-c2ccc(C#N)c(C#N)c2-n2c3ccccc3c3ccc4oc5ccccc5c4c32)c(-n2c3ccccc3c3ccc4oc5ccccc5c4c32)c1. The van der Waals surface area contributed by atoms with E-state index in [-0.39, 0.29) is 11.1 Å². The third-order valence-electron chi connectivity index (χ3n) is 11.6. The van der Waals surface area contributed by atoms with Crippen LogP contribution in [0.2, 0.25) is 0 Å². The van der Waals surface area contributed by atoms with Crippen molar-refractivity contribution in [2.45, 2.75) is 0 Å². The van der Waals surface area contributed by atoms with Gasteiger partial charge in [0.1, 0.15) is 34.5 Å². The molecule has 0 unspecified atom stereocenters. The van der Waals surface area contributed by atoms with Gasteiger partial charge in [0.25, 0.3) is 0 Å². The molecular weight excluding hydrogens is 715 g/mol. The lowest BCUT2D eigenvalue weighted by Gasteiger charge is -2.20. The molecule has 0 aliphatic rings. The van der Waals surface area contributed by atoms with Crippen molar-refractivity contribution in [1.29, 1.82) is 15.8 Å². The summed E-state index contributed by atoms with van der Waals surface area (Å²) in [7, 11) is 0. The summed E-state index contributed by atoms with van der Waals surface area (Å²) in [6.07, 6.45) is 0. The van der Waals surface area contributed by atoms with Crippen LogP contribution in [-0.2, 0) is 0 Å². The second-order valence-corrected chi connectivity index (χ2v) is 14.5. The van der Waals surface area contributed by atoms with Gasteiger partial charge in [-0.05, 0) is 66.7 Å². The van der Waals surface area contributed by atoms with Crippen LogP contribution < -0.4 is 0 Å². The summed E-state index contributed by atoms with van der Waals surface area (Å²) >= 11 is 0. The Kier molecular flexibility index (Phi) is 6.41. The Morgan fingerprint density at radius 1 is 0.414 bits per heavy atom. The second kappa shape index (κ2) is 11.7. The van der Waals surface area contributed by atoms with Gasteiger partial charge in [-0.1, -0.05) is 84.9 Å². The molecule has 0 saturated heterocycles. The van der Waals surface area contributed by atoms with E-state index in [1.165, 1.54) is 0 Å². The molecule has 4 aromatic heterocycles. The fraction of sp³-hybridized carbons (Fsp3) is 0. The van der Waals surface area contributed by atoms with Gasteiger partial charge in [-0.2, -0.15) is 15.8 Å². The van der Waals surface area contributed by atoms with Gasteiger partial charge in [0.2, 0.25) is 0 Å². The third-order valence-corrected chi connectivity index (χ3v) is 11.6. The second-order valence-electron chi connectivity index (χ2n) is 14.5. The van der Waals surface area contributed by atoms with Crippen LogP contribution in [0.1, 0.15) is 16.7 Å². The smallest absolute Gasteiger partial charge is 0.137 e. The predicted molar refractivity (Wildman–Crippen MR) is 229 cm³/mol. The quantitative estimate of drug-likeness (QED) is 0.179. The molecule has 58 heavy (non-hydrogen) atoms. The molecule has 266 valence electrons. The van der Waals surface area contributed by atoms with E-state index in [0.717, 1.165) is 104 Å². The minimum atomic E-state index is 0.244. The molecule has 0 amide bonds. The van der Waals surface area contributed by atoms with Crippen molar-refractivity contribution in [1.82, 2.24) is 9.13 Å². The van der Waals surface area contributed by atoms with E-state index in [4.69, 9.17) is 8.83 Å². The first-order valence-electron chi connectivity index (χ1n) is 18.9. The molecule has 0 aliphatic carbocycles. The summed E-state index contributed by atoms with van der Waals surface area (Å²) in [5.74, 6) is 0. The molecule has 8 aromatic carbocycles. The average molecular weight is 740 g/mol. The van der Waals surface area contributed by atoms with Gasteiger partial charge in [0.15, 0.2) is 0 Å². The van der Waals surface area contributed by atoms with Crippen LogP contribution >= 0.6 is 0 Å². The van der Waals surface area contributed by atoms with Crippen LogP contribution in [0.25, 0.3) is 110 Å². The summed E-state index contributed by atoms with van der Waals surface area (Å²) < 4.78 is 17.2. The highest BCUT2D eigenvalue weighted by atomic mass is 16.3. The number of fused-ring (bicyclic) bond motifs is 14. The predicted octanol–water partition coefficient (Wildman–Crippen LogP) is 13.0. The van der Waals surface area contributed by atoms with E-state index in [9.17, 15) is 15.8 Å². The number of aromatic nitrogens is 2. The molecule has 0 N–H and O–H groups in total. The Balaban J connectivity index is 1.29. The van der Waals surface area contributed by atoms with Crippen molar-refractivity contribution in [3.63, 3.8) is 0 Å². The van der Waals surface area contributed by atoms with Gasteiger partial charge < -0.3 is 18.0 Å². The molecule has 0 spiro atoms. The number of hydrogen-bond acceptors (Lipinski definition) is 5. The van der Waals surface area contributed by atoms with Crippen LogP contribution in [0, 0.1) is 34.0 Å². The Morgan fingerprint density at radius 3 is 1.53 bits per heavy atom. The van der Waals surface area contributed by atoms with Crippen LogP contribution in [-0.4, -0.2) is 9.13 Å². The molecule has 12 aromatic rings. The fourth-order valence-electron chi connectivity index (χ4n) is 9.27. The first-order valence-corrected chi connectivity index (χ1v) is 18.9. The van der Waals surface area contributed by atoms with Crippen molar-refractivity contribution >= 4 is 87.5 Å².